The number of hydrogen-bond donors (Lipinski definition) is 0. The van der Waals surface area contributed by atoms with Gasteiger partial charge in [-0.2, -0.15) is 0 Å². The summed E-state index contributed by atoms with van der Waals surface area (Å²) >= 11 is 0. The number of nitrogens with zero attached hydrogens (tertiary/aromatic N) is 5. The third kappa shape index (κ3) is 8.17. The second-order valence-electron chi connectivity index (χ2n) is 17.8. The molecule has 0 aliphatic rings. The molecule has 6 aromatic carbocycles. The quantitative estimate of drug-likeness (QED) is 0.155. The molecule has 0 saturated carbocycles. The predicted molar refractivity (Wildman–Crippen MR) is 256 cm³/mol. The summed E-state index contributed by atoms with van der Waals surface area (Å²) in [5, 5.41) is 12.5. The van der Waals surface area contributed by atoms with E-state index in [0.29, 0.717) is 5.69 Å². The summed E-state index contributed by atoms with van der Waals surface area (Å²) in [6.07, 6.45) is 1.71. The van der Waals surface area contributed by atoms with E-state index in [-0.39, 0.29) is 48.5 Å². The smallest absolute Gasteiger partial charge is 0.178 e. The summed E-state index contributed by atoms with van der Waals surface area (Å²) in [7, 11) is 0. The Morgan fingerprint density at radius 3 is 2.20 bits per heavy atom. The van der Waals surface area contributed by atoms with Crippen LogP contribution in [0.5, 0.6) is 0 Å². The number of pyridine rings is 1. The van der Waals surface area contributed by atoms with Crippen LogP contribution in [0.2, 0.25) is 0 Å². The summed E-state index contributed by atoms with van der Waals surface area (Å²) in [6, 6.07) is 45.8. The van der Waals surface area contributed by atoms with E-state index < -0.39 is 12.7 Å². The van der Waals surface area contributed by atoms with Gasteiger partial charge >= 0.3 is 0 Å². The van der Waals surface area contributed by atoms with Crippen molar-refractivity contribution in [2.45, 2.75) is 79.5 Å². The number of benzene rings is 6. The van der Waals surface area contributed by atoms with E-state index in [1.165, 1.54) is 28.3 Å². The molecular weight excluding hydrogens is 970 g/mol. The van der Waals surface area contributed by atoms with Crippen LogP contribution in [0.15, 0.2) is 132 Å². The second kappa shape index (κ2) is 17.7. The van der Waals surface area contributed by atoms with Crippen LogP contribution in [0, 0.1) is 31.7 Å². The first kappa shape index (κ1) is 40.4. The minimum atomic E-state index is -2.33. The minimum absolute atomic E-state index is 0. The number of hydrogen-bond acceptors (Lipinski definition) is 5. The Kier molecular flexibility index (Phi) is 11.2. The topological polar surface area (TPSA) is 69.6 Å². The van der Waals surface area contributed by atoms with Gasteiger partial charge in [0.05, 0.1) is 16.9 Å². The van der Waals surface area contributed by atoms with Gasteiger partial charge in [-0.3, -0.25) is 9.37 Å². The zero-order valence-corrected chi connectivity index (χ0v) is 39.5. The molecule has 0 unspecified atom stereocenters. The van der Waals surface area contributed by atoms with Crippen molar-refractivity contribution in [1.29, 1.82) is 0 Å². The summed E-state index contributed by atoms with van der Waals surface area (Å²) in [4.78, 5) is 9.61. The molecule has 10 aromatic rings. The number of furan rings is 1. The van der Waals surface area contributed by atoms with Crippen molar-refractivity contribution < 1.29 is 33.0 Å². The summed E-state index contributed by atoms with van der Waals surface area (Å²) in [5.41, 5.74) is 13.5. The van der Waals surface area contributed by atoms with E-state index >= 15 is 0 Å². The van der Waals surface area contributed by atoms with E-state index in [2.05, 4.69) is 155 Å². The minimum Gasteiger partial charge on any atom is -0.501 e. The van der Waals surface area contributed by atoms with Crippen LogP contribution in [0.4, 0.5) is 4.39 Å². The molecule has 0 saturated heterocycles. The third-order valence-corrected chi connectivity index (χ3v) is 11.7. The number of rotatable bonds is 6. The number of aromatic nitrogens is 5. The predicted octanol–water partition coefficient (Wildman–Crippen LogP) is 14.8. The second-order valence-corrected chi connectivity index (χ2v) is 17.8. The molecule has 0 spiro atoms. The van der Waals surface area contributed by atoms with E-state index in [9.17, 15) is 4.39 Å². The van der Waals surface area contributed by atoms with Crippen LogP contribution >= 0.6 is 0 Å². The molecule has 0 aliphatic carbocycles. The van der Waals surface area contributed by atoms with Crippen LogP contribution in [0.25, 0.3) is 83.5 Å². The first-order valence-electron chi connectivity index (χ1n) is 22.9. The Labute approximate surface area is 392 Å². The maximum Gasteiger partial charge on any atom is 0.178 e. The Balaban J connectivity index is 0.000000234. The van der Waals surface area contributed by atoms with Crippen molar-refractivity contribution >= 4 is 44.0 Å². The van der Waals surface area contributed by atoms with Crippen LogP contribution in [-0.2, 0) is 25.5 Å². The molecule has 0 N–H and O–H groups in total. The summed E-state index contributed by atoms with van der Waals surface area (Å²) in [5.74, 6) is 0.681. The number of imidazole rings is 1. The van der Waals surface area contributed by atoms with Crippen LogP contribution < -0.4 is 0 Å². The van der Waals surface area contributed by atoms with Gasteiger partial charge in [0.25, 0.3) is 0 Å². The zero-order valence-electron chi connectivity index (χ0n) is 40.1. The zero-order chi connectivity index (χ0) is 46.7. The Morgan fingerprint density at radius 1 is 0.766 bits per heavy atom. The van der Waals surface area contributed by atoms with E-state index in [4.69, 9.17) is 18.6 Å². The van der Waals surface area contributed by atoms with Crippen molar-refractivity contribution in [3.63, 3.8) is 0 Å². The molecule has 64 heavy (non-hydrogen) atoms. The number of aryl methyl sites for hydroxylation is 2. The van der Waals surface area contributed by atoms with Gasteiger partial charge in [0.2, 0.25) is 0 Å². The molecule has 4 aromatic heterocycles. The van der Waals surface area contributed by atoms with Crippen molar-refractivity contribution in [2.24, 2.45) is 0 Å². The fourth-order valence-electron chi connectivity index (χ4n) is 8.32. The van der Waals surface area contributed by atoms with Crippen LogP contribution in [-0.4, -0.2) is 24.7 Å². The van der Waals surface area contributed by atoms with E-state index in [1.807, 2.05) is 30.3 Å². The summed E-state index contributed by atoms with van der Waals surface area (Å²) in [6.45, 7) is 15.0. The van der Waals surface area contributed by atoms with Crippen molar-refractivity contribution in [3.8, 4) is 39.5 Å². The van der Waals surface area contributed by atoms with Crippen molar-refractivity contribution in [2.75, 3.05) is 0 Å². The number of fused-ring (bicyclic) bond motifs is 6. The van der Waals surface area contributed by atoms with Gasteiger partial charge in [-0.15, -0.1) is 52.2 Å². The van der Waals surface area contributed by atoms with Gasteiger partial charge in [0, 0.05) is 52.7 Å². The Morgan fingerprint density at radius 2 is 1.52 bits per heavy atom. The van der Waals surface area contributed by atoms with E-state index in [0.717, 1.165) is 78.3 Å². The van der Waals surface area contributed by atoms with Gasteiger partial charge in [-0.05, 0) is 75.4 Å². The Hall–Kier alpha value is -6.34. The molecule has 4 heterocycles. The molecule has 323 valence electrons. The molecule has 0 bridgehead atoms. The monoisotopic (exact) mass is 1020 g/mol. The average molecular weight is 1020 g/mol. The number of para-hydroxylation sites is 1. The van der Waals surface area contributed by atoms with Gasteiger partial charge in [0.1, 0.15) is 11.1 Å². The normalized spacial score (nSPS) is 12.6. The van der Waals surface area contributed by atoms with Crippen molar-refractivity contribution in [3.05, 3.63) is 173 Å². The average Bonchev–Trinajstić information content (AvgIpc) is 3.87. The first-order valence-corrected chi connectivity index (χ1v) is 21.4. The van der Waals surface area contributed by atoms with E-state index in [1.54, 1.807) is 12.3 Å². The van der Waals surface area contributed by atoms with Gasteiger partial charge in [-0.25, -0.2) is 0 Å². The fourth-order valence-corrected chi connectivity index (χ4v) is 8.32. The molecule has 6 nitrogen and oxygen atoms in total. The molecule has 0 amide bonds. The van der Waals surface area contributed by atoms with Crippen LogP contribution in [0.3, 0.4) is 0 Å². The maximum absolute atomic E-state index is 14.1. The summed E-state index contributed by atoms with van der Waals surface area (Å²) < 4.78 is 44.9. The molecule has 10 rings (SSSR count). The third-order valence-electron chi connectivity index (χ3n) is 11.7. The van der Waals surface area contributed by atoms with Crippen molar-refractivity contribution in [1.82, 2.24) is 24.7 Å². The van der Waals surface area contributed by atoms with Gasteiger partial charge in [0.15, 0.2) is 5.65 Å². The largest absolute Gasteiger partial charge is 0.501 e. The fraction of sp³-hybridized carbons (Fsp3) is 0.214. The van der Waals surface area contributed by atoms with Gasteiger partial charge < -0.3 is 14.0 Å². The maximum atomic E-state index is 14.1. The standard InChI is InChI=1S/C40H33N4O.C16H17FN.Ir/c1-23(2)27-15-10-16-28(24(3)4)37(27)44-39(41-36-32-14-8-9-19-34(32)42-43-40(36)44)33-18-11-17-31-30-21-20-26(22-35(30)45-38(31)33)29-13-7-6-12-25(29)5;1-11-5-7-13(14(17)9-11)15-8-6-12(10-18-15)16(2,3)4;/h6-17,19-24H,1-5H3;5-6,8-10H,1-4H3;/q2*-1;/i;1D3;. The Bertz CT molecular complexity index is 3410. The molecule has 0 fully saturated rings. The molecule has 0 atom stereocenters. The first-order chi connectivity index (χ1) is 31.5. The SMILES string of the molecule is Cc1ccccc1-c1ccc2c(c1)oc1c(-c3nc4c5ccccc5nnc4n3-c3c(C(C)C)cccc3C(C)C)[c-]ccc12.[2H]C([2H])([2H])c1c[c-]c(-c2ccc(C(C)(C)C)cn2)c(F)c1.[Ir]. The van der Waals surface area contributed by atoms with Gasteiger partial charge in [-0.1, -0.05) is 157 Å². The molecule has 0 aliphatic heterocycles. The molecule has 1 radical (unpaired) electrons. The number of halogens is 1. The molecular formula is C56H50FIrN5O-2. The van der Waals surface area contributed by atoms with Crippen LogP contribution in [0.1, 0.15) is 92.2 Å². The molecule has 8 heteroatoms.